The highest BCUT2D eigenvalue weighted by atomic mass is 16.5. The summed E-state index contributed by atoms with van der Waals surface area (Å²) in [5.74, 6) is 0.876. The number of anilines is 1. The van der Waals surface area contributed by atoms with Crippen LogP contribution >= 0.6 is 0 Å². The lowest BCUT2D eigenvalue weighted by molar-refractivity contribution is 0.214. The number of rotatable bonds is 1. The highest BCUT2D eigenvalue weighted by Gasteiger charge is 2.21. The summed E-state index contributed by atoms with van der Waals surface area (Å²) in [7, 11) is 0. The second-order valence-corrected chi connectivity index (χ2v) is 3.43. The van der Waals surface area contributed by atoms with Crippen molar-refractivity contribution < 1.29 is 4.74 Å². The van der Waals surface area contributed by atoms with Gasteiger partial charge in [0.2, 0.25) is 0 Å². The van der Waals surface area contributed by atoms with Gasteiger partial charge >= 0.3 is 0 Å². The van der Waals surface area contributed by atoms with Gasteiger partial charge in [0, 0.05) is 0 Å². The molecule has 3 nitrogen and oxygen atoms in total. The number of nitrogens with zero attached hydrogens (tertiary/aromatic N) is 2. The Kier molecular flexibility index (Phi) is 2.28. The molecule has 0 radical (unpaired) electrons. The van der Waals surface area contributed by atoms with Gasteiger partial charge in [0.15, 0.2) is 0 Å². The fourth-order valence-electron chi connectivity index (χ4n) is 1.72. The van der Waals surface area contributed by atoms with E-state index in [0.29, 0.717) is 6.54 Å². The van der Waals surface area contributed by atoms with E-state index in [0.717, 1.165) is 18.0 Å². The van der Waals surface area contributed by atoms with Crippen LogP contribution in [0.3, 0.4) is 0 Å². The lowest BCUT2D eigenvalue weighted by Crippen LogP contribution is -2.38. The van der Waals surface area contributed by atoms with E-state index < -0.39 is 0 Å². The van der Waals surface area contributed by atoms with Crippen molar-refractivity contribution in [2.24, 2.45) is 0 Å². The van der Waals surface area contributed by atoms with E-state index in [1.165, 1.54) is 0 Å². The summed E-state index contributed by atoms with van der Waals surface area (Å²) >= 11 is 0. The van der Waals surface area contributed by atoms with E-state index in [9.17, 15) is 0 Å². The molecule has 72 valence electrons. The minimum absolute atomic E-state index is 0.151. The lowest BCUT2D eigenvalue weighted by Gasteiger charge is -2.33. The molecule has 1 unspecified atom stereocenters. The second kappa shape index (κ2) is 3.59. The van der Waals surface area contributed by atoms with Gasteiger partial charge in [-0.15, -0.1) is 0 Å². The maximum Gasteiger partial charge on any atom is 0.143 e. The summed E-state index contributed by atoms with van der Waals surface area (Å²) in [6.45, 7) is 3.22. The number of hydrogen-bond donors (Lipinski definition) is 0. The Morgan fingerprint density at radius 3 is 3.14 bits per heavy atom. The van der Waals surface area contributed by atoms with Crippen LogP contribution in [0.1, 0.15) is 6.92 Å². The third-order valence-corrected chi connectivity index (χ3v) is 2.27. The highest BCUT2D eigenvalue weighted by molar-refractivity contribution is 5.60. The van der Waals surface area contributed by atoms with E-state index in [2.05, 4.69) is 6.07 Å². The third kappa shape index (κ3) is 1.51. The molecule has 0 amide bonds. The molecule has 0 saturated heterocycles. The molecule has 0 N–H and O–H groups in total. The predicted octanol–water partition coefficient (Wildman–Crippen LogP) is 1.80. The van der Waals surface area contributed by atoms with Crippen LogP contribution in [0, 0.1) is 11.3 Å². The van der Waals surface area contributed by atoms with Crippen molar-refractivity contribution in [2.45, 2.75) is 13.0 Å². The third-order valence-electron chi connectivity index (χ3n) is 2.27. The zero-order chi connectivity index (χ0) is 9.97. The van der Waals surface area contributed by atoms with Crippen molar-refractivity contribution in [3.63, 3.8) is 0 Å². The molecule has 1 atom stereocenters. The molecule has 1 aliphatic rings. The van der Waals surface area contributed by atoms with Gasteiger partial charge in [-0.05, 0) is 19.1 Å². The largest absolute Gasteiger partial charge is 0.487 e. The second-order valence-electron chi connectivity index (χ2n) is 3.43. The Hall–Kier alpha value is -1.69. The smallest absolute Gasteiger partial charge is 0.143 e. The van der Waals surface area contributed by atoms with Crippen molar-refractivity contribution in [1.29, 1.82) is 5.26 Å². The molecule has 1 aromatic rings. The summed E-state index contributed by atoms with van der Waals surface area (Å²) < 4.78 is 5.66. The molecule has 0 fully saturated rings. The first-order valence-electron chi connectivity index (χ1n) is 4.69. The number of benzene rings is 1. The molecule has 3 heteroatoms. The molecule has 0 aliphatic carbocycles. The first-order chi connectivity index (χ1) is 6.81. The van der Waals surface area contributed by atoms with Gasteiger partial charge in [0.05, 0.1) is 18.3 Å². The molecule has 1 aliphatic heterocycles. The van der Waals surface area contributed by atoms with E-state index >= 15 is 0 Å². The number of para-hydroxylation sites is 2. The Balaban J connectivity index is 2.34. The number of hydrogen-bond acceptors (Lipinski definition) is 3. The summed E-state index contributed by atoms with van der Waals surface area (Å²) in [5, 5.41) is 8.70. The zero-order valence-electron chi connectivity index (χ0n) is 8.10. The predicted molar refractivity (Wildman–Crippen MR) is 54.4 cm³/mol. The average Bonchev–Trinajstić information content (AvgIpc) is 2.18. The van der Waals surface area contributed by atoms with Crippen molar-refractivity contribution in [3.05, 3.63) is 24.3 Å². The molecule has 0 spiro atoms. The van der Waals surface area contributed by atoms with Gasteiger partial charge < -0.3 is 9.64 Å². The summed E-state index contributed by atoms with van der Waals surface area (Å²) in [4.78, 5) is 2.05. The van der Waals surface area contributed by atoms with Crippen LogP contribution in [0.25, 0.3) is 0 Å². The van der Waals surface area contributed by atoms with Crippen LogP contribution in [0.2, 0.25) is 0 Å². The number of nitriles is 1. The molecule has 0 aromatic heterocycles. The standard InChI is InChI=1S/C11H12N2O/c1-9-8-13(7-6-12)10-4-2-3-5-11(10)14-9/h2-5,9H,7-8H2,1H3. The maximum atomic E-state index is 8.70. The molecular formula is C11H12N2O. The molecule has 0 saturated carbocycles. The van der Waals surface area contributed by atoms with Crippen LogP contribution in [-0.4, -0.2) is 19.2 Å². The van der Waals surface area contributed by atoms with Crippen LogP contribution in [0.5, 0.6) is 5.75 Å². The fourth-order valence-corrected chi connectivity index (χ4v) is 1.72. The fraction of sp³-hybridized carbons (Fsp3) is 0.364. The first-order valence-corrected chi connectivity index (χ1v) is 4.69. The Morgan fingerprint density at radius 1 is 1.57 bits per heavy atom. The Bertz CT molecular complexity index is 370. The number of ether oxygens (including phenoxy) is 1. The Morgan fingerprint density at radius 2 is 2.36 bits per heavy atom. The van der Waals surface area contributed by atoms with Crippen LogP contribution in [0.4, 0.5) is 5.69 Å². The zero-order valence-corrected chi connectivity index (χ0v) is 8.10. The van der Waals surface area contributed by atoms with Crippen molar-refractivity contribution in [2.75, 3.05) is 18.0 Å². The van der Waals surface area contributed by atoms with Crippen LogP contribution in [-0.2, 0) is 0 Å². The van der Waals surface area contributed by atoms with E-state index in [-0.39, 0.29) is 6.10 Å². The minimum Gasteiger partial charge on any atom is -0.487 e. The molecular weight excluding hydrogens is 176 g/mol. The summed E-state index contributed by atoms with van der Waals surface area (Å²) in [5.41, 5.74) is 1.02. The van der Waals surface area contributed by atoms with Gasteiger partial charge in [-0.2, -0.15) is 5.26 Å². The highest BCUT2D eigenvalue weighted by Crippen LogP contribution is 2.32. The van der Waals surface area contributed by atoms with Gasteiger partial charge in [-0.25, -0.2) is 0 Å². The van der Waals surface area contributed by atoms with Gasteiger partial charge in [0.1, 0.15) is 18.4 Å². The van der Waals surface area contributed by atoms with E-state index in [1.807, 2.05) is 36.1 Å². The van der Waals surface area contributed by atoms with Crippen molar-refractivity contribution in [3.8, 4) is 11.8 Å². The first kappa shape index (κ1) is 8.89. The Labute approximate surface area is 83.5 Å². The van der Waals surface area contributed by atoms with Crippen LogP contribution < -0.4 is 9.64 Å². The SMILES string of the molecule is CC1CN(CC#N)c2ccccc2O1. The van der Waals surface area contributed by atoms with E-state index in [1.54, 1.807) is 0 Å². The van der Waals surface area contributed by atoms with E-state index in [4.69, 9.17) is 10.00 Å². The summed E-state index contributed by atoms with van der Waals surface area (Å²) in [6.07, 6.45) is 0.151. The molecule has 1 heterocycles. The maximum absolute atomic E-state index is 8.70. The van der Waals surface area contributed by atoms with Crippen LogP contribution in [0.15, 0.2) is 24.3 Å². The molecule has 0 bridgehead atoms. The van der Waals surface area contributed by atoms with Gasteiger partial charge in [-0.1, -0.05) is 12.1 Å². The monoisotopic (exact) mass is 188 g/mol. The van der Waals surface area contributed by atoms with Gasteiger partial charge in [-0.3, -0.25) is 0 Å². The quantitative estimate of drug-likeness (QED) is 0.630. The molecule has 1 aromatic carbocycles. The molecule has 2 rings (SSSR count). The topological polar surface area (TPSA) is 36.3 Å². The molecule has 14 heavy (non-hydrogen) atoms. The lowest BCUT2D eigenvalue weighted by atomic mass is 10.2. The minimum atomic E-state index is 0.151. The summed E-state index contributed by atoms with van der Waals surface area (Å²) in [6, 6.07) is 10.0. The normalized spacial score (nSPS) is 19.4. The van der Waals surface area contributed by atoms with Crippen molar-refractivity contribution >= 4 is 5.69 Å². The van der Waals surface area contributed by atoms with Gasteiger partial charge in [0.25, 0.3) is 0 Å². The average molecular weight is 188 g/mol. The van der Waals surface area contributed by atoms with Crippen molar-refractivity contribution in [1.82, 2.24) is 0 Å². The number of fused-ring (bicyclic) bond motifs is 1.